The van der Waals surface area contributed by atoms with E-state index >= 15 is 0 Å². The van der Waals surface area contributed by atoms with Crippen molar-refractivity contribution in [1.82, 2.24) is 0 Å². The number of hydrogen-bond acceptors (Lipinski definition) is 5. The van der Waals surface area contributed by atoms with E-state index in [4.69, 9.17) is 4.74 Å². The lowest BCUT2D eigenvalue weighted by atomic mass is 10.2. The third-order valence-electron chi connectivity index (χ3n) is 1.83. The maximum atomic E-state index is 12.1. The number of alkyl halides is 3. The lowest BCUT2D eigenvalue weighted by Gasteiger charge is -2.11. The van der Waals surface area contributed by atoms with E-state index in [1.165, 1.54) is 7.11 Å². The fourth-order valence-corrected chi connectivity index (χ4v) is 1.47. The summed E-state index contributed by atoms with van der Waals surface area (Å²) in [5, 5.41) is 0. The molecule has 0 aliphatic heterocycles. The molecule has 0 aliphatic carbocycles. The molecule has 0 bridgehead atoms. The van der Waals surface area contributed by atoms with Gasteiger partial charge in [-0.3, -0.25) is 4.79 Å². The van der Waals surface area contributed by atoms with Crippen LogP contribution in [0.2, 0.25) is 0 Å². The summed E-state index contributed by atoms with van der Waals surface area (Å²) in [5.41, 5.74) is -5.94. The number of benzene rings is 1. The molecule has 0 aliphatic rings. The maximum absolute atomic E-state index is 12.1. The zero-order valence-corrected chi connectivity index (χ0v) is 9.71. The van der Waals surface area contributed by atoms with Crippen LogP contribution >= 0.6 is 0 Å². The summed E-state index contributed by atoms with van der Waals surface area (Å²) in [5.74, 6) is -0.544. The second-order valence-corrected chi connectivity index (χ2v) is 4.54. The quantitative estimate of drug-likeness (QED) is 0.478. The molecule has 0 aromatic heterocycles. The Morgan fingerprint density at radius 2 is 1.89 bits per heavy atom. The van der Waals surface area contributed by atoms with Gasteiger partial charge in [0.1, 0.15) is 5.75 Å². The monoisotopic (exact) mass is 284 g/mol. The van der Waals surface area contributed by atoms with E-state index in [0.717, 1.165) is 18.2 Å². The standard InChI is InChI=1S/C9H7F3O5S/c1-16-7-2-3-8(6(4-7)5-13)17-18(14,15)9(10,11)12/h2-5H,1H3. The average Bonchev–Trinajstić information content (AvgIpc) is 2.27. The number of rotatable bonds is 4. The predicted octanol–water partition coefficient (Wildman–Crippen LogP) is 1.74. The third kappa shape index (κ3) is 2.92. The van der Waals surface area contributed by atoms with Crippen LogP contribution < -0.4 is 8.92 Å². The first kappa shape index (κ1) is 14.3. The van der Waals surface area contributed by atoms with Gasteiger partial charge in [0.05, 0.1) is 12.7 Å². The van der Waals surface area contributed by atoms with Crippen LogP contribution in [0, 0.1) is 0 Å². The van der Waals surface area contributed by atoms with Crippen molar-refractivity contribution in [1.29, 1.82) is 0 Å². The minimum Gasteiger partial charge on any atom is -0.497 e. The van der Waals surface area contributed by atoms with E-state index in [9.17, 15) is 26.4 Å². The molecule has 5 nitrogen and oxygen atoms in total. The van der Waals surface area contributed by atoms with Gasteiger partial charge in [-0.15, -0.1) is 0 Å². The van der Waals surface area contributed by atoms with E-state index in [1.807, 2.05) is 0 Å². The Balaban J connectivity index is 3.17. The average molecular weight is 284 g/mol. The Bertz CT molecular complexity index is 550. The molecule has 1 aromatic carbocycles. The lowest BCUT2D eigenvalue weighted by molar-refractivity contribution is -0.0500. The van der Waals surface area contributed by atoms with Gasteiger partial charge >= 0.3 is 15.6 Å². The molecule has 0 N–H and O–H groups in total. The Morgan fingerprint density at radius 1 is 1.28 bits per heavy atom. The van der Waals surface area contributed by atoms with E-state index in [-0.39, 0.29) is 17.6 Å². The molecule has 0 unspecified atom stereocenters. The highest BCUT2D eigenvalue weighted by Crippen LogP contribution is 2.30. The van der Waals surface area contributed by atoms with Gasteiger partial charge in [0.15, 0.2) is 12.0 Å². The van der Waals surface area contributed by atoms with Crippen LogP contribution in [0.5, 0.6) is 11.5 Å². The lowest BCUT2D eigenvalue weighted by Crippen LogP contribution is -2.28. The molecule has 1 rings (SSSR count). The molecular weight excluding hydrogens is 277 g/mol. The molecule has 9 heteroatoms. The first-order valence-corrected chi connectivity index (χ1v) is 5.76. The number of carbonyl (C=O) groups is 1. The van der Waals surface area contributed by atoms with E-state index in [2.05, 4.69) is 4.18 Å². The van der Waals surface area contributed by atoms with E-state index in [1.54, 1.807) is 0 Å². The number of aldehydes is 1. The smallest absolute Gasteiger partial charge is 0.497 e. The van der Waals surface area contributed by atoms with Crippen molar-refractivity contribution in [3.8, 4) is 11.5 Å². The summed E-state index contributed by atoms with van der Waals surface area (Å²) in [4.78, 5) is 10.6. The van der Waals surface area contributed by atoms with E-state index in [0.29, 0.717) is 0 Å². The van der Waals surface area contributed by atoms with Gasteiger partial charge in [-0.2, -0.15) is 21.6 Å². The first-order chi connectivity index (χ1) is 8.21. The highest BCUT2D eigenvalue weighted by Gasteiger charge is 2.48. The zero-order valence-electron chi connectivity index (χ0n) is 8.89. The molecule has 0 heterocycles. The highest BCUT2D eigenvalue weighted by atomic mass is 32.2. The molecule has 0 amide bonds. The predicted molar refractivity (Wildman–Crippen MR) is 54.0 cm³/mol. The minimum absolute atomic E-state index is 0.156. The number of ether oxygens (including phenoxy) is 1. The SMILES string of the molecule is COc1ccc(OS(=O)(=O)C(F)(F)F)c(C=O)c1. The van der Waals surface area contributed by atoms with Crippen molar-refractivity contribution in [2.24, 2.45) is 0 Å². The maximum Gasteiger partial charge on any atom is 0.534 e. The van der Waals surface area contributed by atoms with Gasteiger partial charge < -0.3 is 8.92 Å². The van der Waals surface area contributed by atoms with Gasteiger partial charge in [0, 0.05) is 0 Å². The molecule has 0 saturated carbocycles. The van der Waals surface area contributed by atoms with Crippen LogP contribution in [0.3, 0.4) is 0 Å². The van der Waals surface area contributed by atoms with Crippen LogP contribution in [0.1, 0.15) is 10.4 Å². The van der Waals surface area contributed by atoms with Crippen molar-refractivity contribution in [3.05, 3.63) is 23.8 Å². The summed E-state index contributed by atoms with van der Waals surface area (Å²) in [6.07, 6.45) is 0.156. The van der Waals surface area contributed by atoms with Crippen LogP contribution in [-0.2, 0) is 10.1 Å². The van der Waals surface area contributed by atoms with Gasteiger partial charge in [0.25, 0.3) is 0 Å². The number of carbonyl (C=O) groups excluding carboxylic acids is 1. The molecular formula is C9H7F3O5S. The zero-order chi connectivity index (χ0) is 14.0. The van der Waals surface area contributed by atoms with Gasteiger partial charge in [0.2, 0.25) is 0 Å². The summed E-state index contributed by atoms with van der Waals surface area (Å²) in [6.45, 7) is 0. The first-order valence-electron chi connectivity index (χ1n) is 4.35. The van der Waals surface area contributed by atoms with Gasteiger partial charge in [-0.1, -0.05) is 0 Å². The number of hydrogen-bond donors (Lipinski definition) is 0. The number of methoxy groups -OCH3 is 1. The van der Waals surface area contributed by atoms with Crippen LogP contribution in [0.4, 0.5) is 13.2 Å². The summed E-state index contributed by atoms with van der Waals surface area (Å²) < 4.78 is 66.3. The molecule has 100 valence electrons. The van der Waals surface area contributed by atoms with Crippen molar-refractivity contribution in [3.63, 3.8) is 0 Å². The Morgan fingerprint density at radius 3 is 2.33 bits per heavy atom. The second kappa shape index (κ2) is 4.84. The number of halogens is 3. The molecule has 0 spiro atoms. The molecule has 18 heavy (non-hydrogen) atoms. The Labute approximate surface area is 100 Å². The Kier molecular flexibility index (Phi) is 3.85. The van der Waals surface area contributed by atoms with Gasteiger partial charge in [-0.25, -0.2) is 0 Å². The topological polar surface area (TPSA) is 69.7 Å². The Hall–Kier alpha value is -1.77. The third-order valence-corrected chi connectivity index (χ3v) is 2.79. The molecule has 0 fully saturated rings. The van der Waals surface area contributed by atoms with Crippen LogP contribution in [0.15, 0.2) is 18.2 Å². The van der Waals surface area contributed by atoms with Crippen molar-refractivity contribution >= 4 is 16.4 Å². The molecule has 1 aromatic rings. The van der Waals surface area contributed by atoms with Crippen LogP contribution in [0.25, 0.3) is 0 Å². The van der Waals surface area contributed by atoms with Crippen molar-refractivity contribution in [2.75, 3.05) is 7.11 Å². The second-order valence-electron chi connectivity index (χ2n) is 3.00. The molecule has 0 radical (unpaired) electrons. The summed E-state index contributed by atoms with van der Waals surface area (Å²) >= 11 is 0. The summed E-state index contributed by atoms with van der Waals surface area (Å²) in [7, 11) is -4.53. The molecule has 0 atom stereocenters. The van der Waals surface area contributed by atoms with Gasteiger partial charge in [-0.05, 0) is 18.2 Å². The van der Waals surface area contributed by atoms with Crippen molar-refractivity contribution < 1.29 is 35.3 Å². The fourth-order valence-electron chi connectivity index (χ4n) is 0.987. The van der Waals surface area contributed by atoms with Crippen LogP contribution in [-0.4, -0.2) is 27.3 Å². The largest absolute Gasteiger partial charge is 0.534 e. The van der Waals surface area contributed by atoms with Crippen molar-refractivity contribution in [2.45, 2.75) is 5.51 Å². The fraction of sp³-hybridized carbons (Fsp3) is 0.222. The normalized spacial score (nSPS) is 12.0. The minimum atomic E-state index is -5.80. The highest BCUT2D eigenvalue weighted by molar-refractivity contribution is 7.88. The van der Waals surface area contributed by atoms with E-state index < -0.39 is 21.4 Å². The molecule has 0 saturated heterocycles. The summed E-state index contributed by atoms with van der Waals surface area (Å²) in [6, 6.07) is 3.11.